The van der Waals surface area contributed by atoms with E-state index in [2.05, 4.69) is 0 Å². The monoisotopic (exact) mass is 750 g/mol. The lowest BCUT2D eigenvalue weighted by atomic mass is 9.84. The van der Waals surface area contributed by atoms with Crippen molar-refractivity contribution >= 4 is 0 Å². The Morgan fingerprint density at radius 2 is 0.378 bits per heavy atom. The van der Waals surface area contributed by atoms with Crippen LogP contribution in [0, 0.1) is 0 Å². The van der Waals surface area contributed by atoms with Crippen LogP contribution in [0.15, 0.2) is 11.9 Å². The number of allylic oxidation sites excluding steroid dienone is 1. The molecule has 0 aliphatic rings. The molecule has 0 saturated heterocycles. The van der Waals surface area contributed by atoms with Crippen molar-refractivity contribution in [3.8, 4) is 0 Å². The molecule has 0 aliphatic heterocycles. The Kier molecular flexibility index (Phi) is 9.78. The topological polar surface area (TPSA) is 0 Å². The molecule has 0 saturated carbocycles. The Hall–Kier alpha value is -2.36. The summed E-state index contributed by atoms with van der Waals surface area (Å²) in [6.07, 6.45) is -13.2. The van der Waals surface area contributed by atoms with Crippen LogP contribution in [-0.4, -0.2) is 77.2 Å². The maximum atomic E-state index is 13.6. The minimum absolute atomic E-state index is 4.92. The molecule has 270 valence electrons. The van der Waals surface area contributed by atoms with Crippen LogP contribution in [0.3, 0.4) is 0 Å². The van der Waals surface area contributed by atoms with Gasteiger partial charge in [-0.15, -0.1) is 0 Å². The molecule has 0 aliphatic carbocycles. The van der Waals surface area contributed by atoms with Crippen LogP contribution < -0.4 is 0 Å². The molecular weight excluding hydrogens is 750 g/mol. The van der Waals surface area contributed by atoms with Crippen molar-refractivity contribution in [2.45, 2.75) is 77.2 Å². The maximum absolute atomic E-state index is 13.6. The van der Waals surface area contributed by atoms with E-state index in [0.29, 0.717) is 0 Å². The number of hydrogen-bond donors (Lipinski definition) is 0. The van der Waals surface area contributed by atoms with Gasteiger partial charge in [-0.2, -0.15) is 132 Å². The molecule has 0 aromatic heterocycles. The molecule has 0 bridgehead atoms. The number of alkyl halides is 27. The van der Waals surface area contributed by atoms with Gasteiger partial charge in [0.05, 0.1) is 0 Å². The molecule has 0 unspecified atom stereocenters. The van der Waals surface area contributed by atoms with E-state index in [9.17, 15) is 132 Å². The summed E-state index contributed by atoms with van der Waals surface area (Å²) >= 11 is 0. The van der Waals surface area contributed by atoms with E-state index in [-0.39, 0.29) is 0 Å². The van der Waals surface area contributed by atoms with Gasteiger partial charge in [-0.25, -0.2) is 0 Å². The zero-order chi connectivity index (χ0) is 37.7. The highest BCUT2D eigenvalue weighted by Gasteiger charge is 3.00. The van der Waals surface area contributed by atoms with E-state index < -0.39 is 89.2 Å². The first kappa shape index (κ1) is 42.6. The van der Waals surface area contributed by atoms with Gasteiger partial charge < -0.3 is 0 Å². The second kappa shape index (κ2) is 10.3. The fourth-order valence-corrected chi connectivity index (χ4v) is 2.41. The Bertz CT molecular complexity index is 1120. The van der Waals surface area contributed by atoms with Crippen LogP contribution in [0.1, 0.15) is 0 Å². The Morgan fingerprint density at radius 1 is 0.222 bits per heavy atom. The minimum atomic E-state index is -9.95. The third kappa shape index (κ3) is 4.89. The molecule has 0 spiro atoms. The largest absolute Gasteiger partial charge is 0.460 e. The molecule has 0 rings (SSSR count). The van der Waals surface area contributed by atoms with E-state index in [1.807, 2.05) is 0 Å². The van der Waals surface area contributed by atoms with Crippen LogP contribution in [0.5, 0.6) is 0 Å². The van der Waals surface area contributed by atoms with Crippen LogP contribution >= 0.6 is 0 Å². The van der Waals surface area contributed by atoms with Crippen molar-refractivity contribution in [2.24, 2.45) is 0 Å². The van der Waals surface area contributed by atoms with Gasteiger partial charge in [0.15, 0.2) is 0 Å². The highest BCUT2D eigenvalue weighted by atomic mass is 19.4. The third-order valence-electron chi connectivity index (χ3n) is 5.14. The molecule has 0 amide bonds. The van der Waals surface area contributed by atoms with E-state index in [1.165, 1.54) is 0 Å². The second-order valence-electron chi connectivity index (χ2n) is 7.96. The van der Waals surface area contributed by atoms with Gasteiger partial charge in [-0.1, -0.05) is 0 Å². The summed E-state index contributed by atoms with van der Waals surface area (Å²) in [6, 6.07) is 0. The Balaban J connectivity index is 7.55. The molecule has 0 fully saturated rings. The molecule has 30 heteroatoms. The van der Waals surface area contributed by atoms with Gasteiger partial charge in [0.25, 0.3) is 0 Å². The van der Waals surface area contributed by atoms with Gasteiger partial charge in [0, 0.05) is 0 Å². The van der Waals surface area contributed by atoms with Crippen molar-refractivity contribution in [2.75, 3.05) is 0 Å². The predicted octanol–water partition coefficient (Wildman–Crippen LogP) is 10.2. The SMILES string of the molecule is FC(F)=C(F)C(F)(F)C(F)(F)C(F)(F)C(F)(F)C(F)(F)C(F)(F)C(F)(F)C(F)(F)C(F)(F)C(F)(F)C(F)(F)C(F)(F)C(F)(F)F. The maximum Gasteiger partial charge on any atom is 0.460 e. The molecule has 0 radical (unpaired) electrons. The first-order valence-electron chi connectivity index (χ1n) is 9.17. The fraction of sp³-hybridized carbons (Fsp3) is 0.867. The third-order valence-corrected chi connectivity index (χ3v) is 5.14. The predicted molar refractivity (Wildman–Crippen MR) is 75.8 cm³/mol. The quantitative estimate of drug-likeness (QED) is 0.174. The first-order chi connectivity index (χ1) is 18.9. The van der Waals surface area contributed by atoms with Crippen molar-refractivity contribution in [3.05, 3.63) is 11.9 Å². The van der Waals surface area contributed by atoms with Crippen LogP contribution in [0.25, 0.3) is 0 Å². The first-order valence-corrected chi connectivity index (χ1v) is 9.17. The summed E-state index contributed by atoms with van der Waals surface area (Å²) in [5.74, 6) is -119. The molecule has 45 heavy (non-hydrogen) atoms. The van der Waals surface area contributed by atoms with Crippen LogP contribution in [0.2, 0.25) is 0 Å². The van der Waals surface area contributed by atoms with Gasteiger partial charge >= 0.3 is 83.3 Å². The van der Waals surface area contributed by atoms with Gasteiger partial charge in [0.1, 0.15) is 0 Å². The molecule has 0 aromatic rings. The molecule has 0 aromatic carbocycles. The second-order valence-corrected chi connectivity index (χ2v) is 7.96. The molecule has 0 nitrogen and oxygen atoms in total. The van der Waals surface area contributed by atoms with E-state index in [0.717, 1.165) is 0 Å². The van der Waals surface area contributed by atoms with Crippen LogP contribution in [-0.2, 0) is 0 Å². The summed E-state index contributed by atoms with van der Waals surface area (Å²) in [4.78, 5) is 0. The molecule has 0 N–H and O–H groups in total. The zero-order valence-electron chi connectivity index (χ0n) is 18.8. The van der Waals surface area contributed by atoms with Crippen molar-refractivity contribution in [3.63, 3.8) is 0 Å². The van der Waals surface area contributed by atoms with Crippen molar-refractivity contribution < 1.29 is 132 Å². The van der Waals surface area contributed by atoms with Crippen molar-refractivity contribution in [1.82, 2.24) is 0 Å². The standard InChI is InChI=1S/C15F30/c16-1(2(17)18)3(19,20)4(21,22)5(23,24)6(25,26)7(27,28)8(29,30)9(31,32)10(33,34)11(35,36)12(37,38)13(39,40)14(41,42)15(43,44)45. The summed E-state index contributed by atoms with van der Waals surface area (Å²) in [5, 5.41) is 0. The lowest BCUT2D eigenvalue weighted by Gasteiger charge is -2.46. The average Bonchev–Trinajstić information content (AvgIpc) is 2.81. The fourth-order valence-electron chi connectivity index (χ4n) is 2.41. The van der Waals surface area contributed by atoms with Gasteiger partial charge in [0.2, 0.25) is 5.83 Å². The summed E-state index contributed by atoms with van der Waals surface area (Å²) in [6.45, 7) is 0. The summed E-state index contributed by atoms with van der Waals surface area (Å²) in [5.41, 5.74) is 0. The highest BCUT2D eigenvalue weighted by Crippen LogP contribution is 2.68. The van der Waals surface area contributed by atoms with Crippen LogP contribution in [0.4, 0.5) is 132 Å². The van der Waals surface area contributed by atoms with E-state index in [1.54, 1.807) is 0 Å². The summed E-state index contributed by atoms with van der Waals surface area (Å²) < 4.78 is 392. The zero-order valence-corrected chi connectivity index (χ0v) is 18.8. The van der Waals surface area contributed by atoms with Gasteiger partial charge in [-0.3, -0.25) is 0 Å². The lowest BCUT2D eigenvalue weighted by molar-refractivity contribution is -0.484. The Labute approximate surface area is 222 Å². The normalized spacial score (nSPS) is 16.7. The summed E-state index contributed by atoms with van der Waals surface area (Å²) in [7, 11) is 0. The van der Waals surface area contributed by atoms with Gasteiger partial charge in [-0.05, 0) is 0 Å². The smallest absolute Gasteiger partial charge is 0.199 e. The van der Waals surface area contributed by atoms with Crippen molar-refractivity contribution in [1.29, 1.82) is 0 Å². The number of rotatable bonds is 12. The number of hydrogen-bond acceptors (Lipinski definition) is 0. The molecular formula is C15F30. The number of halogens is 30. The van der Waals surface area contributed by atoms with E-state index in [4.69, 9.17) is 0 Å². The minimum Gasteiger partial charge on any atom is -0.199 e. The van der Waals surface area contributed by atoms with E-state index >= 15 is 0 Å². The lowest BCUT2D eigenvalue weighted by Crippen LogP contribution is -2.78. The Morgan fingerprint density at radius 3 is 0.533 bits per heavy atom. The molecule has 0 heterocycles. The highest BCUT2D eigenvalue weighted by molar-refractivity contribution is 5.23. The molecule has 0 atom stereocenters. The average molecular weight is 750 g/mol.